The molecule has 414 valence electrons. The Bertz CT molecular complexity index is 3130. The van der Waals surface area contributed by atoms with Gasteiger partial charge in [0, 0.05) is 93.5 Å². The molecule has 0 spiro atoms. The molecule has 4 heterocycles. The highest BCUT2D eigenvalue weighted by molar-refractivity contribution is 7.10. The van der Waals surface area contributed by atoms with E-state index < -0.39 is 35.0 Å². The number of carbonyl (C=O) groups is 4. The predicted molar refractivity (Wildman–Crippen MR) is 299 cm³/mol. The quantitative estimate of drug-likeness (QED) is 0.0532. The molecule has 6 aromatic rings. The Morgan fingerprint density at radius 2 is 1.65 bits per heavy atom. The maximum atomic E-state index is 16.6. The third-order valence-electron chi connectivity index (χ3n) is 15.2. The first-order valence-corrected chi connectivity index (χ1v) is 28.1. The Kier molecular flexibility index (Phi) is 18.2. The number of benzene rings is 4. The fraction of sp³-hybridized carbons (Fsp3) is 0.456. The lowest BCUT2D eigenvalue weighted by Crippen LogP contribution is -2.55. The number of likely N-dealkylation sites (N-methyl/N-ethyl adjacent to an activating group) is 2. The van der Waals surface area contributed by atoms with E-state index in [1.54, 1.807) is 42.2 Å². The number of amides is 4. The molecule has 2 saturated heterocycles. The van der Waals surface area contributed by atoms with Crippen LogP contribution in [0.4, 0.5) is 20.5 Å². The first kappa shape index (κ1) is 56.0. The molecule has 4 amide bonds. The number of anilines is 2. The molecule has 0 unspecified atom stereocenters. The van der Waals surface area contributed by atoms with Gasteiger partial charge in [0.05, 0.1) is 41.6 Å². The number of nitrogens with zero attached hydrogens (tertiary/aromatic N) is 7. The Morgan fingerprint density at radius 3 is 2.40 bits per heavy atom. The van der Waals surface area contributed by atoms with Crippen molar-refractivity contribution >= 4 is 80.0 Å². The van der Waals surface area contributed by atoms with Crippen LogP contribution in [-0.4, -0.2) is 150 Å². The van der Waals surface area contributed by atoms with Gasteiger partial charge in [0.25, 0.3) is 0 Å². The Labute approximate surface area is 461 Å². The van der Waals surface area contributed by atoms with Crippen molar-refractivity contribution in [3.63, 3.8) is 0 Å². The number of likely N-dealkylation sites (tertiary alicyclic amines) is 1. The van der Waals surface area contributed by atoms with Gasteiger partial charge in [-0.25, -0.2) is 18.7 Å². The standard InChI is InChI=1S/C57H67ClF2N10O7S/c1-34(61-3)54(74)64-51(36-12-6-5-7-13-36)56(75)70-23-11-17-44(70)55-63-43(33-78-55)38-19-20-46(39-15-9-8-14-37(38)39)77-31-30-76-29-28-67(4)47(73)21-22-62-57-65-52-40(53(66-57)69-26-24-68(25-27-69)35(2)71)32-41(58)48(50(52)60)49-42(59)16-10-18-45(49)72/h8-10,14-16,18-20,32-34,36,44,51,61,72H,5-7,11-13,17,21-31H2,1-4H3,(H,64,74)(H,62,65,66)/t34-,44-,51-/m0/s1. The third kappa shape index (κ3) is 12.4. The number of rotatable bonds is 20. The minimum Gasteiger partial charge on any atom is -0.507 e. The second-order valence-electron chi connectivity index (χ2n) is 20.2. The lowest BCUT2D eigenvalue weighted by atomic mass is 9.83. The molecule has 21 heteroatoms. The summed E-state index contributed by atoms with van der Waals surface area (Å²) in [7, 11) is 3.42. The molecule has 9 rings (SSSR count). The fourth-order valence-electron chi connectivity index (χ4n) is 10.7. The van der Waals surface area contributed by atoms with Crippen LogP contribution in [0.2, 0.25) is 5.02 Å². The summed E-state index contributed by atoms with van der Waals surface area (Å²) >= 11 is 8.16. The van der Waals surface area contributed by atoms with E-state index in [0.29, 0.717) is 50.8 Å². The number of nitrogens with one attached hydrogen (secondary N) is 3. The summed E-state index contributed by atoms with van der Waals surface area (Å²) in [6.45, 7) is 6.77. The maximum Gasteiger partial charge on any atom is 0.246 e. The number of hydrogen-bond donors (Lipinski definition) is 4. The van der Waals surface area contributed by atoms with Crippen molar-refractivity contribution in [3.8, 4) is 33.9 Å². The van der Waals surface area contributed by atoms with E-state index in [9.17, 15) is 24.3 Å². The van der Waals surface area contributed by atoms with Gasteiger partial charge in [-0.2, -0.15) is 4.98 Å². The van der Waals surface area contributed by atoms with Gasteiger partial charge in [-0.05, 0) is 81.3 Å². The molecule has 3 atom stereocenters. The van der Waals surface area contributed by atoms with Gasteiger partial charge in [0.2, 0.25) is 29.6 Å². The zero-order valence-corrected chi connectivity index (χ0v) is 46.0. The van der Waals surface area contributed by atoms with Crippen molar-refractivity contribution in [2.24, 2.45) is 5.92 Å². The lowest BCUT2D eigenvalue weighted by molar-refractivity contribution is -0.139. The average Bonchev–Trinajstić information content (AvgIpc) is 4.26. The highest BCUT2D eigenvalue weighted by atomic mass is 35.5. The number of aromatic hydroxyl groups is 1. The Morgan fingerprint density at radius 1 is 0.885 bits per heavy atom. The molecular weight excluding hydrogens is 1040 g/mol. The van der Waals surface area contributed by atoms with E-state index in [1.807, 2.05) is 46.2 Å². The number of hydrogen-bond acceptors (Lipinski definition) is 14. The molecule has 17 nitrogen and oxygen atoms in total. The Balaban J connectivity index is 0.782. The molecule has 4 aromatic carbocycles. The first-order valence-electron chi connectivity index (χ1n) is 26.8. The largest absolute Gasteiger partial charge is 0.507 e. The normalized spacial score (nSPS) is 16.9. The van der Waals surface area contributed by atoms with Gasteiger partial charge in [-0.3, -0.25) is 19.2 Å². The topological polar surface area (TPSA) is 195 Å². The van der Waals surface area contributed by atoms with Crippen LogP contribution in [0.5, 0.6) is 11.5 Å². The number of phenols is 1. The molecule has 1 saturated carbocycles. The molecule has 2 aromatic heterocycles. The van der Waals surface area contributed by atoms with E-state index in [1.165, 1.54) is 25.1 Å². The van der Waals surface area contributed by atoms with Gasteiger partial charge < -0.3 is 50.1 Å². The third-order valence-corrected chi connectivity index (χ3v) is 16.5. The highest BCUT2D eigenvalue weighted by Crippen LogP contribution is 2.44. The van der Waals surface area contributed by atoms with Crippen molar-refractivity contribution in [3.05, 3.63) is 87.7 Å². The number of fused-ring (bicyclic) bond motifs is 2. The summed E-state index contributed by atoms with van der Waals surface area (Å²) in [5.74, 6) is -1.56. The summed E-state index contributed by atoms with van der Waals surface area (Å²) < 4.78 is 43.8. The zero-order valence-electron chi connectivity index (χ0n) is 44.5. The number of phenolic OH excluding ortho intramolecular Hbond substituents is 1. The molecule has 4 N–H and O–H groups in total. The second-order valence-corrected chi connectivity index (χ2v) is 21.5. The van der Waals surface area contributed by atoms with Crippen LogP contribution >= 0.6 is 22.9 Å². The van der Waals surface area contributed by atoms with Crippen LogP contribution in [-0.2, 0) is 23.9 Å². The van der Waals surface area contributed by atoms with Crippen molar-refractivity contribution in [1.29, 1.82) is 0 Å². The average molecular weight is 1110 g/mol. The van der Waals surface area contributed by atoms with Gasteiger partial charge in [-0.15, -0.1) is 11.3 Å². The number of piperazine rings is 1. The van der Waals surface area contributed by atoms with E-state index >= 15 is 8.78 Å². The van der Waals surface area contributed by atoms with Gasteiger partial charge in [-0.1, -0.05) is 61.2 Å². The van der Waals surface area contributed by atoms with Gasteiger partial charge in [0.1, 0.15) is 46.3 Å². The monoisotopic (exact) mass is 1110 g/mol. The van der Waals surface area contributed by atoms with Crippen LogP contribution in [0, 0.1) is 17.6 Å². The molecule has 78 heavy (non-hydrogen) atoms. The minimum atomic E-state index is -0.952. The fourth-order valence-corrected chi connectivity index (χ4v) is 12.0. The second kappa shape index (κ2) is 25.4. The number of ether oxygens (including phenoxy) is 2. The number of thiazole rings is 1. The zero-order chi connectivity index (χ0) is 55.0. The van der Waals surface area contributed by atoms with Crippen molar-refractivity contribution in [1.82, 2.24) is 40.3 Å². The van der Waals surface area contributed by atoms with Crippen LogP contribution in [0.25, 0.3) is 44.1 Å². The van der Waals surface area contributed by atoms with E-state index in [2.05, 4.69) is 26.3 Å². The number of halogens is 3. The number of aromatic nitrogens is 3. The minimum absolute atomic E-state index is 0.0155. The molecule has 2 aliphatic heterocycles. The molecule has 3 fully saturated rings. The predicted octanol–water partition coefficient (Wildman–Crippen LogP) is 8.57. The van der Waals surface area contributed by atoms with Crippen molar-refractivity contribution in [2.75, 3.05) is 89.9 Å². The van der Waals surface area contributed by atoms with Crippen LogP contribution in [0.1, 0.15) is 76.3 Å². The number of carbonyl (C=O) groups excluding carboxylic acids is 4. The molecule has 0 radical (unpaired) electrons. The maximum absolute atomic E-state index is 16.6. The van der Waals surface area contributed by atoms with Crippen LogP contribution in [0.3, 0.4) is 0 Å². The SMILES string of the molecule is CN[C@@H](C)C(=O)N[C@H](C(=O)N1CCC[C@H]1c1nc(-c2ccc(OCCOCCN(C)C(=O)CCNc3nc(N4CCN(C(C)=O)CC4)c4cc(Cl)c(-c5c(O)cccc5F)c(F)c4n3)c3ccccc23)cs1)C1CCCCC1. The van der Waals surface area contributed by atoms with E-state index in [4.69, 9.17) is 31.0 Å². The van der Waals surface area contributed by atoms with Crippen molar-refractivity contribution < 1.29 is 42.5 Å². The van der Waals surface area contributed by atoms with Crippen LogP contribution in [0.15, 0.2) is 66.0 Å². The van der Waals surface area contributed by atoms with E-state index in [0.717, 1.165) is 78.0 Å². The summed E-state index contributed by atoms with van der Waals surface area (Å²) in [5, 5.41) is 24.7. The molecule has 1 aliphatic carbocycles. The summed E-state index contributed by atoms with van der Waals surface area (Å²) in [6.07, 6.45) is 6.84. The van der Waals surface area contributed by atoms with Gasteiger partial charge >= 0.3 is 0 Å². The Hall–Kier alpha value is -6.74. The first-order chi connectivity index (χ1) is 37.7. The smallest absolute Gasteiger partial charge is 0.246 e. The molecule has 0 bridgehead atoms. The molecule has 3 aliphatic rings. The molecular formula is C57H67ClF2N10O7S. The van der Waals surface area contributed by atoms with Crippen LogP contribution < -0.4 is 25.6 Å². The van der Waals surface area contributed by atoms with E-state index in [-0.39, 0.29) is 95.8 Å². The summed E-state index contributed by atoms with van der Waals surface area (Å²) in [4.78, 5) is 74.2. The van der Waals surface area contributed by atoms with Crippen molar-refractivity contribution in [2.45, 2.75) is 83.3 Å². The lowest BCUT2D eigenvalue weighted by Gasteiger charge is -2.35. The highest BCUT2D eigenvalue weighted by Gasteiger charge is 2.40. The summed E-state index contributed by atoms with van der Waals surface area (Å²) in [6, 6.07) is 15.9. The van der Waals surface area contributed by atoms with Gasteiger partial charge in [0.15, 0.2) is 5.82 Å². The summed E-state index contributed by atoms with van der Waals surface area (Å²) in [5.41, 5.74) is 0.868.